The van der Waals surface area contributed by atoms with E-state index in [0.29, 0.717) is 0 Å². The number of hydrogen-bond acceptors (Lipinski definition) is 4. The molecular formula is C10H7NS3. The highest BCUT2D eigenvalue weighted by Gasteiger charge is 2.10. The maximum Gasteiger partial charge on any atom is 0.100 e. The zero-order valence-electron chi connectivity index (χ0n) is 7.44. The van der Waals surface area contributed by atoms with E-state index in [1.165, 1.54) is 4.70 Å². The topological polar surface area (TPSA) is 23.8 Å². The summed E-state index contributed by atoms with van der Waals surface area (Å²) in [6.45, 7) is 0. The van der Waals surface area contributed by atoms with Gasteiger partial charge < -0.3 is 0 Å². The molecule has 4 heteroatoms. The number of hydrogen-bond donors (Lipinski definition) is 1. The Hall–Kier alpha value is -0.630. The van der Waals surface area contributed by atoms with Crippen molar-refractivity contribution >= 4 is 45.8 Å². The zero-order valence-corrected chi connectivity index (χ0v) is 9.97. The Bertz CT molecular complexity index is 522. The number of thiophene rings is 1. The highest BCUT2D eigenvalue weighted by Crippen LogP contribution is 2.37. The predicted molar refractivity (Wildman–Crippen MR) is 65.6 cm³/mol. The Balaban J connectivity index is 2.90. The minimum atomic E-state index is 0.720. The van der Waals surface area contributed by atoms with Crippen molar-refractivity contribution in [1.29, 1.82) is 5.26 Å². The lowest BCUT2D eigenvalue weighted by molar-refractivity contribution is 1.38. The molecule has 0 saturated carbocycles. The maximum atomic E-state index is 8.98. The van der Waals surface area contributed by atoms with Crippen LogP contribution in [-0.2, 0) is 0 Å². The molecule has 0 N–H and O–H groups in total. The van der Waals surface area contributed by atoms with Gasteiger partial charge in [0.2, 0.25) is 0 Å². The highest BCUT2D eigenvalue weighted by molar-refractivity contribution is 7.99. The van der Waals surface area contributed by atoms with Crippen LogP contribution in [0, 0.1) is 11.3 Å². The van der Waals surface area contributed by atoms with Gasteiger partial charge in [0.15, 0.2) is 0 Å². The summed E-state index contributed by atoms with van der Waals surface area (Å²) in [4.78, 5) is 1.95. The van der Waals surface area contributed by atoms with Gasteiger partial charge in [0.1, 0.15) is 6.07 Å². The van der Waals surface area contributed by atoms with E-state index >= 15 is 0 Å². The predicted octanol–water partition coefficient (Wildman–Crippen LogP) is 3.78. The van der Waals surface area contributed by atoms with Crippen molar-refractivity contribution in [2.75, 3.05) is 6.26 Å². The first-order valence-electron chi connectivity index (χ1n) is 3.95. The molecule has 0 radical (unpaired) electrons. The fraction of sp³-hybridized carbons (Fsp3) is 0.100. The van der Waals surface area contributed by atoms with Crippen LogP contribution in [0.15, 0.2) is 27.3 Å². The molecule has 2 rings (SSSR count). The van der Waals surface area contributed by atoms with E-state index in [1.807, 2.05) is 23.8 Å². The molecule has 1 aromatic carbocycles. The monoisotopic (exact) mass is 237 g/mol. The number of thioether (sulfide) groups is 1. The van der Waals surface area contributed by atoms with Crippen molar-refractivity contribution in [2.45, 2.75) is 9.79 Å². The lowest BCUT2D eigenvalue weighted by Gasteiger charge is -2.03. The van der Waals surface area contributed by atoms with Crippen LogP contribution in [0.4, 0.5) is 0 Å². The molecule has 0 bridgehead atoms. The molecule has 2 aromatic rings. The van der Waals surface area contributed by atoms with Gasteiger partial charge in [0, 0.05) is 15.2 Å². The van der Waals surface area contributed by atoms with Gasteiger partial charge in [0.05, 0.1) is 10.3 Å². The van der Waals surface area contributed by atoms with Crippen molar-refractivity contribution in [3.8, 4) is 6.07 Å². The average Bonchev–Trinajstić information content (AvgIpc) is 2.66. The highest BCUT2D eigenvalue weighted by atomic mass is 32.2. The second-order valence-electron chi connectivity index (χ2n) is 2.75. The molecule has 0 aliphatic rings. The van der Waals surface area contributed by atoms with Crippen LogP contribution in [0.5, 0.6) is 0 Å². The largest absolute Gasteiger partial charge is 0.192 e. The molecule has 1 nitrogen and oxygen atoms in total. The molecule has 0 aliphatic carbocycles. The number of nitrogens with zero attached hydrogens (tertiary/aromatic N) is 1. The molecule has 0 aliphatic heterocycles. The van der Waals surface area contributed by atoms with Crippen LogP contribution in [0.2, 0.25) is 0 Å². The van der Waals surface area contributed by atoms with E-state index < -0.39 is 0 Å². The van der Waals surface area contributed by atoms with Crippen molar-refractivity contribution < 1.29 is 0 Å². The van der Waals surface area contributed by atoms with Gasteiger partial charge in [-0.05, 0) is 23.8 Å². The normalized spacial score (nSPS) is 10.4. The quantitative estimate of drug-likeness (QED) is 0.602. The minimum Gasteiger partial charge on any atom is -0.192 e. The molecule has 0 fully saturated rings. The summed E-state index contributed by atoms with van der Waals surface area (Å²) in [5, 5.41) is 12.2. The average molecular weight is 237 g/mol. The third-order valence-electron chi connectivity index (χ3n) is 2.00. The first-order valence-corrected chi connectivity index (χ1v) is 6.50. The van der Waals surface area contributed by atoms with Crippen LogP contribution in [-0.4, -0.2) is 6.26 Å². The molecule has 0 atom stereocenters. The number of fused-ring (bicyclic) bond motifs is 1. The second kappa shape index (κ2) is 3.85. The van der Waals surface area contributed by atoms with Gasteiger partial charge in [-0.25, -0.2) is 0 Å². The van der Waals surface area contributed by atoms with Gasteiger partial charge in [-0.15, -0.1) is 35.7 Å². The number of rotatable bonds is 1. The molecule has 1 aromatic heterocycles. The van der Waals surface area contributed by atoms with Gasteiger partial charge in [-0.3, -0.25) is 0 Å². The summed E-state index contributed by atoms with van der Waals surface area (Å²) in [6.07, 6.45) is 1.99. The lowest BCUT2D eigenvalue weighted by Crippen LogP contribution is -1.82. The van der Waals surface area contributed by atoms with Crippen LogP contribution in [0.25, 0.3) is 10.1 Å². The summed E-state index contributed by atoms with van der Waals surface area (Å²) in [6, 6.07) is 6.09. The SMILES string of the molecule is CSc1c(C#N)cc(S)c2ccsc12. The molecule has 0 saturated heterocycles. The number of nitriles is 1. The van der Waals surface area contributed by atoms with E-state index in [-0.39, 0.29) is 0 Å². The molecule has 0 spiro atoms. The van der Waals surface area contributed by atoms with Crippen molar-refractivity contribution in [2.24, 2.45) is 0 Å². The van der Waals surface area contributed by atoms with E-state index in [9.17, 15) is 0 Å². The Kier molecular flexibility index (Phi) is 2.73. The van der Waals surface area contributed by atoms with Gasteiger partial charge in [0.25, 0.3) is 0 Å². The lowest BCUT2D eigenvalue weighted by atomic mass is 10.2. The van der Waals surface area contributed by atoms with E-state index in [4.69, 9.17) is 5.26 Å². The Morgan fingerprint density at radius 2 is 2.36 bits per heavy atom. The fourth-order valence-corrected chi connectivity index (χ4v) is 3.64. The van der Waals surface area contributed by atoms with Crippen molar-refractivity contribution in [3.05, 3.63) is 23.1 Å². The van der Waals surface area contributed by atoms with Crippen molar-refractivity contribution in [1.82, 2.24) is 0 Å². The molecule has 70 valence electrons. The van der Waals surface area contributed by atoms with Crippen LogP contribution < -0.4 is 0 Å². The standard InChI is InChI=1S/C10H7NS3/c1-13-9-6(5-11)4-8(12)7-2-3-14-10(7)9/h2-4,12H,1H3. The number of thiol groups is 1. The maximum absolute atomic E-state index is 8.98. The summed E-state index contributed by atoms with van der Waals surface area (Å²) < 4.78 is 1.17. The molecule has 0 amide bonds. The Labute approximate surface area is 96.2 Å². The number of benzene rings is 1. The minimum absolute atomic E-state index is 0.720. The van der Waals surface area contributed by atoms with Gasteiger partial charge >= 0.3 is 0 Å². The third-order valence-corrected chi connectivity index (χ3v) is 4.26. The summed E-state index contributed by atoms with van der Waals surface area (Å²) >= 11 is 7.65. The van der Waals surface area contributed by atoms with E-state index in [0.717, 1.165) is 20.7 Å². The van der Waals surface area contributed by atoms with E-state index in [2.05, 4.69) is 18.7 Å². The van der Waals surface area contributed by atoms with Crippen LogP contribution in [0.3, 0.4) is 0 Å². The Morgan fingerprint density at radius 1 is 1.57 bits per heavy atom. The van der Waals surface area contributed by atoms with Crippen LogP contribution >= 0.6 is 35.7 Å². The Morgan fingerprint density at radius 3 is 3.00 bits per heavy atom. The first kappa shape index (κ1) is 9.91. The summed E-state index contributed by atoms with van der Waals surface area (Å²) in [5.41, 5.74) is 0.720. The molecular weight excluding hydrogens is 230 g/mol. The van der Waals surface area contributed by atoms with Gasteiger partial charge in [-0.1, -0.05) is 0 Å². The molecule has 0 unspecified atom stereocenters. The second-order valence-corrected chi connectivity index (χ2v) is 4.97. The summed E-state index contributed by atoms with van der Waals surface area (Å²) in [5.74, 6) is 0. The summed E-state index contributed by atoms with van der Waals surface area (Å²) in [7, 11) is 0. The zero-order chi connectivity index (χ0) is 10.1. The fourth-order valence-electron chi connectivity index (χ4n) is 1.37. The van der Waals surface area contributed by atoms with Crippen LogP contribution in [0.1, 0.15) is 5.56 Å². The third kappa shape index (κ3) is 1.42. The van der Waals surface area contributed by atoms with Crippen molar-refractivity contribution in [3.63, 3.8) is 0 Å². The first-order chi connectivity index (χ1) is 6.77. The smallest absolute Gasteiger partial charge is 0.100 e. The van der Waals surface area contributed by atoms with Gasteiger partial charge in [-0.2, -0.15) is 5.26 Å². The molecule has 1 heterocycles. The molecule has 14 heavy (non-hydrogen) atoms. The van der Waals surface area contributed by atoms with E-state index in [1.54, 1.807) is 23.1 Å².